The van der Waals surface area contributed by atoms with Crippen LogP contribution in [0, 0.1) is 5.82 Å². The van der Waals surface area contributed by atoms with E-state index in [0.29, 0.717) is 16.2 Å². The number of aromatic nitrogens is 2. The van der Waals surface area contributed by atoms with Crippen molar-refractivity contribution in [2.75, 3.05) is 0 Å². The van der Waals surface area contributed by atoms with Crippen LogP contribution >= 0.6 is 11.6 Å². The summed E-state index contributed by atoms with van der Waals surface area (Å²) in [4.78, 5) is 15.2. The van der Waals surface area contributed by atoms with Gasteiger partial charge in [-0.25, -0.2) is 4.39 Å². The zero-order valence-corrected chi connectivity index (χ0v) is 11.1. The van der Waals surface area contributed by atoms with E-state index in [1.54, 1.807) is 16.7 Å². The van der Waals surface area contributed by atoms with Crippen molar-refractivity contribution in [2.45, 2.75) is 6.54 Å². The van der Waals surface area contributed by atoms with E-state index in [4.69, 9.17) is 11.6 Å². The molecule has 5 heteroatoms. The molecule has 3 rings (SSSR count). The summed E-state index contributed by atoms with van der Waals surface area (Å²) < 4.78 is 15.4. The Morgan fingerprint density at radius 2 is 2.15 bits per heavy atom. The van der Waals surface area contributed by atoms with Crippen LogP contribution in [0.1, 0.15) is 16.2 Å². The van der Waals surface area contributed by atoms with Crippen molar-refractivity contribution in [2.24, 2.45) is 0 Å². The van der Waals surface area contributed by atoms with Gasteiger partial charge in [0.15, 0.2) is 6.29 Å². The number of pyridine rings is 1. The van der Waals surface area contributed by atoms with Crippen LogP contribution < -0.4 is 0 Å². The Balaban J connectivity index is 2.20. The Morgan fingerprint density at radius 3 is 2.90 bits per heavy atom. The normalized spacial score (nSPS) is 10.9. The van der Waals surface area contributed by atoms with Gasteiger partial charge in [-0.15, -0.1) is 0 Å². The van der Waals surface area contributed by atoms with Crippen molar-refractivity contribution in [3.8, 4) is 0 Å². The molecule has 0 unspecified atom stereocenters. The van der Waals surface area contributed by atoms with Gasteiger partial charge in [-0.1, -0.05) is 23.7 Å². The van der Waals surface area contributed by atoms with Crippen LogP contribution in [-0.2, 0) is 6.54 Å². The largest absolute Gasteiger partial charge is 0.331 e. The maximum absolute atomic E-state index is 13.7. The summed E-state index contributed by atoms with van der Waals surface area (Å²) >= 11 is 6.19. The Bertz CT molecular complexity index is 798. The molecule has 3 aromatic rings. The number of hydrogen-bond acceptors (Lipinski definition) is 2. The maximum Gasteiger partial charge on any atom is 0.166 e. The minimum absolute atomic E-state index is 0.161. The van der Waals surface area contributed by atoms with Crippen molar-refractivity contribution < 1.29 is 9.18 Å². The number of carbonyl (C=O) groups is 1. The van der Waals surface area contributed by atoms with E-state index in [-0.39, 0.29) is 12.2 Å². The molecule has 0 atom stereocenters. The fraction of sp³-hybridized carbons (Fsp3) is 0.0667. The molecule has 2 heterocycles. The molecule has 1 aromatic carbocycles. The molecule has 0 aliphatic carbocycles. The second-order valence-corrected chi connectivity index (χ2v) is 4.79. The molecule has 20 heavy (non-hydrogen) atoms. The van der Waals surface area contributed by atoms with E-state index in [1.165, 1.54) is 18.3 Å². The molecule has 0 saturated carbocycles. The van der Waals surface area contributed by atoms with Gasteiger partial charge in [0.05, 0.1) is 28.5 Å². The molecule has 0 aliphatic rings. The van der Waals surface area contributed by atoms with Crippen LogP contribution in [-0.4, -0.2) is 15.8 Å². The molecule has 0 N–H and O–H groups in total. The number of para-hydroxylation sites is 1. The Morgan fingerprint density at radius 1 is 1.30 bits per heavy atom. The minimum atomic E-state index is -0.404. The molecule has 3 nitrogen and oxygen atoms in total. The number of aldehydes is 1. The molecule has 0 aliphatic heterocycles. The first-order chi connectivity index (χ1) is 9.70. The van der Waals surface area contributed by atoms with E-state index in [2.05, 4.69) is 4.98 Å². The summed E-state index contributed by atoms with van der Waals surface area (Å²) in [6.45, 7) is 0.161. The highest BCUT2D eigenvalue weighted by Crippen LogP contribution is 2.27. The first kappa shape index (κ1) is 12.8. The van der Waals surface area contributed by atoms with Crippen molar-refractivity contribution in [3.05, 3.63) is 64.8 Å². The van der Waals surface area contributed by atoms with Gasteiger partial charge in [-0.05, 0) is 24.3 Å². The second kappa shape index (κ2) is 5.06. The lowest BCUT2D eigenvalue weighted by Crippen LogP contribution is -2.07. The number of benzene rings is 1. The molecule has 0 saturated heterocycles. The van der Waals surface area contributed by atoms with Crippen molar-refractivity contribution >= 4 is 28.8 Å². The molecule has 100 valence electrons. The Kier molecular flexibility index (Phi) is 3.24. The van der Waals surface area contributed by atoms with Gasteiger partial charge in [0, 0.05) is 11.6 Å². The zero-order valence-electron chi connectivity index (χ0n) is 10.4. The Hall–Kier alpha value is -2.20. The Labute approximate surface area is 119 Å². The number of rotatable bonds is 3. The van der Waals surface area contributed by atoms with Crippen LogP contribution in [0.3, 0.4) is 0 Å². The van der Waals surface area contributed by atoms with E-state index >= 15 is 0 Å². The number of carbonyl (C=O) groups excluding carboxylic acids is 1. The fourth-order valence-electron chi connectivity index (χ4n) is 2.25. The second-order valence-electron chi connectivity index (χ2n) is 4.38. The summed E-state index contributed by atoms with van der Waals surface area (Å²) in [6.07, 6.45) is 2.25. The highest BCUT2D eigenvalue weighted by atomic mass is 35.5. The molecule has 0 amide bonds. The van der Waals surface area contributed by atoms with E-state index in [1.807, 2.05) is 12.1 Å². The summed E-state index contributed by atoms with van der Waals surface area (Å²) in [5.41, 5.74) is 1.42. The maximum atomic E-state index is 13.7. The lowest BCUT2D eigenvalue weighted by atomic mass is 10.2. The van der Waals surface area contributed by atoms with Crippen LogP contribution in [0.15, 0.2) is 42.6 Å². The van der Waals surface area contributed by atoms with Crippen LogP contribution in [0.5, 0.6) is 0 Å². The van der Waals surface area contributed by atoms with E-state index in [0.717, 1.165) is 11.7 Å². The van der Waals surface area contributed by atoms with Crippen molar-refractivity contribution in [1.29, 1.82) is 0 Å². The van der Waals surface area contributed by atoms with Gasteiger partial charge < -0.3 is 4.57 Å². The summed E-state index contributed by atoms with van der Waals surface area (Å²) in [7, 11) is 0. The van der Waals surface area contributed by atoms with Gasteiger partial charge in [0.1, 0.15) is 5.82 Å². The fourth-order valence-corrected chi connectivity index (χ4v) is 2.54. The molecule has 2 aromatic heterocycles. The predicted molar refractivity (Wildman–Crippen MR) is 75.6 cm³/mol. The van der Waals surface area contributed by atoms with Crippen LogP contribution in [0.25, 0.3) is 10.9 Å². The smallest absolute Gasteiger partial charge is 0.166 e. The number of fused-ring (bicyclic) bond motifs is 1. The number of nitrogens with zero attached hydrogens (tertiary/aromatic N) is 2. The highest BCUT2D eigenvalue weighted by Gasteiger charge is 2.13. The van der Waals surface area contributed by atoms with Crippen LogP contribution in [0.2, 0.25) is 5.02 Å². The number of hydrogen-bond donors (Lipinski definition) is 0. The average Bonchev–Trinajstić information content (AvgIpc) is 2.81. The van der Waals surface area contributed by atoms with Crippen molar-refractivity contribution in [3.63, 3.8) is 0 Å². The minimum Gasteiger partial charge on any atom is -0.331 e. The van der Waals surface area contributed by atoms with E-state index in [9.17, 15) is 9.18 Å². The molecular formula is C15H10ClFN2O. The highest BCUT2D eigenvalue weighted by molar-refractivity contribution is 6.35. The van der Waals surface area contributed by atoms with Gasteiger partial charge >= 0.3 is 0 Å². The summed E-state index contributed by atoms with van der Waals surface area (Å²) in [6, 6.07) is 10.0. The lowest BCUT2D eigenvalue weighted by molar-refractivity contribution is 0.111. The predicted octanol–water partition coefficient (Wildman–Crippen LogP) is 3.69. The molecule has 0 spiro atoms. The third-order valence-electron chi connectivity index (χ3n) is 3.17. The van der Waals surface area contributed by atoms with Gasteiger partial charge in [-0.2, -0.15) is 0 Å². The van der Waals surface area contributed by atoms with Gasteiger partial charge in [0.2, 0.25) is 0 Å². The standard InChI is InChI=1S/C15H10ClFN2O/c16-12-4-1-3-10-7-11(9-20)19(15(10)12)8-14-13(17)5-2-6-18-14/h1-7,9H,8H2. The topological polar surface area (TPSA) is 34.9 Å². The number of halogens is 2. The lowest BCUT2D eigenvalue weighted by Gasteiger charge is -2.09. The molecule has 0 bridgehead atoms. The van der Waals surface area contributed by atoms with Gasteiger partial charge in [-0.3, -0.25) is 9.78 Å². The van der Waals surface area contributed by atoms with Crippen LogP contribution in [0.4, 0.5) is 4.39 Å². The summed E-state index contributed by atoms with van der Waals surface area (Å²) in [5, 5.41) is 1.36. The van der Waals surface area contributed by atoms with Gasteiger partial charge in [0.25, 0.3) is 0 Å². The SMILES string of the molecule is O=Cc1cc2cccc(Cl)c2n1Cc1ncccc1F. The molecule has 0 radical (unpaired) electrons. The zero-order chi connectivity index (χ0) is 14.1. The van der Waals surface area contributed by atoms with E-state index < -0.39 is 5.82 Å². The average molecular weight is 289 g/mol. The first-order valence-electron chi connectivity index (χ1n) is 6.03. The molecular weight excluding hydrogens is 279 g/mol. The molecule has 0 fully saturated rings. The monoisotopic (exact) mass is 288 g/mol. The third-order valence-corrected chi connectivity index (χ3v) is 3.47. The summed E-state index contributed by atoms with van der Waals surface area (Å²) in [5.74, 6) is -0.404. The quantitative estimate of drug-likeness (QED) is 0.689. The third kappa shape index (κ3) is 2.08. The first-order valence-corrected chi connectivity index (χ1v) is 6.41. The van der Waals surface area contributed by atoms with Crippen molar-refractivity contribution in [1.82, 2.24) is 9.55 Å².